The Morgan fingerprint density at radius 1 is 1.10 bits per heavy atom. The molecular formula is C16H13FO3. The molecule has 0 bridgehead atoms. The minimum atomic E-state index is -0.412. The van der Waals surface area contributed by atoms with Crippen LogP contribution in [-0.2, 0) is 9.53 Å². The van der Waals surface area contributed by atoms with Crippen LogP contribution < -0.4 is 4.74 Å². The summed E-state index contributed by atoms with van der Waals surface area (Å²) in [7, 11) is 1.32. The van der Waals surface area contributed by atoms with Crippen molar-refractivity contribution in [3.8, 4) is 11.5 Å². The molecule has 3 nitrogen and oxygen atoms in total. The van der Waals surface area contributed by atoms with E-state index < -0.39 is 5.97 Å². The smallest absolute Gasteiger partial charge is 0.330 e. The van der Waals surface area contributed by atoms with E-state index in [2.05, 4.69) is 4.74 Å². The highest BCUT2D eigenvalue weighted by atomic mass is 19.1. The molecule has 0 unspecified atom stereocenters. The van der Waals surface area contributed by atoms with E-state index >= 15 is 0 Å². The number of rotatable bonds is 4. The van der Waals surface area contributed by atoms with Crippen LogP contribution in [0.3, 0.4) is 0 Å². The Balaban J connectivity index is 2.05. The number of hydrogen-bond acceptors (Lipinski definition) is 3. The third-order valence-electron chi connectivity index (χ3n) is 2.52. The number of halogens is 1. The van der Waals surface area contributed by atoms with Crippen molar-refractivity contribution in [2.75, 3.05) is 7.11 Å². The van der Waals surface area contributed by atoms with Crippen molar-refractivity contribution in [1.82, 2.24) is 0 Å². The SMILES string of the molecule is COC(=O)/C=C/c1ccc(Oc2cccc(F)c2)cc1. The minimum Gasteiger partial charge on any atom is -0.466 e. The quantitative estimate of drug-likeness (QED) is 0.627. The van der Waals surface area contributed by atoms with Crippen LogP contribution in [0.2, 0.25) is 0 Å². The Morgan fingerprint density at radius 3 is 2.50 bits per heavy atom. The molecule has 0 amide bonds. The van der Waals surface area contributed by atoms with Gasteiger partial charge in [-0.2, -0.15) is 0 Å². The zero-order chi connectivity index (χ0) is 14.4. The van der Waals surface area contributed by atoms with Crippen LogP contribution in [0.1, 0.15) is 5.56 Å². The fraction of sp³-hybridized carbons (Fsp3) is 0.0625. The Hall–Kier alpha value is -2.62. The molecule has 0 radical (unpaired) electrons. The van der Waals surface area contributed by atoms with Crippen molar-refractivity contribution in [3.05, 3.63) is 66.0 Å². The van der Waals surface area contributed by atoms with Gasteiger partial charge >= 0.3 is 5.97 Å². The van der Waals surface area contributed by atoms with E-state index in [1.54, 1.807) is 42.5 Å². The first kappa shape index (κ1) is 13.8. The first-order chi connectivity index (χ1) is 9.67. The third-order valence-corrected chi connectivity index (χ3v) is 2.52. The second-order valence-corrected chi connectivity index (χ2v) is 3.98. The zero-order valence-electron chi connectivity index (χ0n) is 10.9. The largest absolute Gasteiger partial charge is 0.466 e. The second kappa shape index (κ2) is 6.52. The Morgan fingerprint density at radius 2 is 1.85 bits per heavy atom. The highest BCUT2D eigenvalue weighted by Gasteiger charge is 1.99. The van der Waals surface area contributed by atoms with Crippen LogP contribution in [0, 0.1) is 5.82 Å². The molecule has 2 aromatic rings. The lowest BCUT2D eigenvalue weighted by molar-refractivity contribution is -0.134. The molecule has 102 valence electrons. The van der Waals surface area contributed by atoms with E-state index in [0.29, 0.717) is 11.5 Å². The molecule has 4 heteroatoms. The third kappa shape index (κ3) is 3.95. The van der Waals surface area contributed by atoms with Gasteiger partial charge in [0.05, 0.1) is 7.11 Å². The number of hydrogen-bond donors (Lipinski definition) is 0. The molecule has 0 saturated carbocycles. The number of esters is 1. The average Bonchev–Trinajstić information content (AvgIpc) is 2.46. The maximum absolute atomic E-state index is 13.0. The van der Waals surface area contributed by atoms with Crippen LogP contribution in [-0.4, -0.2) is 13.1 Å². The molecule has 2 rings (SSSR count). The summed E-state index contributed by atoms with van der Waals surface area (Å²) < 4.78 is 23.0. The van der Waals surface area contributed by atoms with Gasteiger partial charge in [-0.3, -0.25) is 0 Å². The van der Waals surface area contributed by atoms with E-state index in [0.717, 1.165) is 5.56 Å². The van der Waals surface area contributed by atoms with Crippen molar-refractivity contribution in [2.45, 2.75) is 0 Å². The fourth-order valence-corrected chi connectivity index (χ4v) is 1.55. The van der Waals surface area contributed by atoms with Crippen molar-refractivity contribution >= 4 is 12.0 Å². The summed E-state index contributed by atoms with van der Waals surface area (Å²) in [4.78, 5) is 11.0. The molecule has 0 aliphatic carbocycles. The summed E-state index contributed by atoms with van der Waals surface area (Å²) in [5, 5.41) is 0. The number of benzene rings is 2. The van der Waals surface area contributed by atoms with E-state index in [1.165, 1.54) is 25.3 Å². The van der Waals surface area contributed by atoms with E-state index in [9.17, 15) is 9.18 Å². The number of carbonyl (C=O) groups excluding carboxylic acids is 1. The summed E-state index contributed by atoms with van der Waals surface area (Å²) in [5.74, 6) is 0.263. The molecule has 0 aromatic heterocycles. The molecule has 0 fully saturated rings. The van der Waals surface area contributed by atoms with Crippen molar-refractivity contribution < 1.29 is 18.7 Å². The fourth-order valence-electron chi connectivity index (χ4n) is 1.55. The molecule has 0 atom stereocenters. The molecule has 0 aliphatic heterocycles. The summed E-state index contributed by atoms with van der Waals surface area (Å²) in [6.45, 7) is 0. The predicted octanol–water partition coefficient (Wildman–Crippen LogP) is 3.80. The molecule has 0 aliphatic rings. The summed E-state index contributed by atoms with van der Waals surface area (Å²) in [6.07, 6.45) is 2.97. The van der Waals surface area contributed by atoms with Gasteiger partial charge in [0.25, 0.3) is 0 Å². The highest BCUT2D eigenvalue weighted by molar-refractivity contribution is 5.86. The highest BCUT2D eigenvalue weighted by Crippen LogP contribution is 2.22. The maximum Gasteiger partial charge on any atom is 0.330 e. The number of methoxy groups -OCH3 is 1. The van der Waals surface area contributed by atoms with Gasteiger partial charge in [0.15, 0.2) is 0 Å². The number of carbonyl (C=O) groups is 1. The van der Waals surface area contributed by atoms with E-state index in [4.69, 9.17) is 4.74 Å². The van der Waals surface area contributed by atoms with Crippen molar-refractivity contribution in [2.24, 2.45) is 0 Å². The molecule has 20 heavy (non-hydrogen) atoms. The summed E-state index contributed by atoms with van der Waals surface area (Å²) in [6, 6.07) is 13.0. The van der Waals surface area contributed by atoms with E-state index in [1.807, 2.05) is 0 Å². The second-order valence-electron chi connectivity index (χ2n) is 3.98. The van der Waals surface area contributed by atoms with Crippen LogP contribution in [0.4, 0.5) is 4.39 Å². The standard InChI is InChI=1S/C16H13FO3/c1-19-16(18)10-7-12-5-8-14(9-6-12)20-15-4-2-3-13(17)11-15/h2-11H,1H3/b10-7+. The van der Waals surface area contributed by atoms with E-state index in [-0.39, 0.29) is 5.82 Å². The van der Waals surface area contributed by atoms with Gasteiger partial charge in [0.2, 0.25) is 0 Å². The first-order valence-electron chi connectivity index (χ1n) is 5.97. The van der Waals surface area contributed by atoms with Crippen LogP contribution in [0.15, 0.2) is 54.6 Å². The van der Waals surface area contributed by atoms with Crippen LogP contribution in [0.25, 0.3) is 6.08 Å². The number of ether oxygens (including phenoxy) is 2. The molecular weight excluding hydrogens is 259 g/mol. The van der Waals surface area contributed by atoms with Gasteiger partial charge in [-0.25, -0.2) is 9.18 Å². The van der Waals surface area contributed by atoms with Gasteiger partial charge in [0.1, 0.15) is 17.3 Å². The topological polar surface area (TPSA) is 35.5 Å². The molecule has 2 aromatic carbocycles. The molecule has 0 spiro atoms. The minimum absolute atomic E-state index is 0.347. The Kier molecular flexibility index (Phi) is 4.50. The van der Waals surface area contributed by atoms with Gasteiger partial charge in [-0.15, -0.1) is 0 Å². The van der Waals surface area contributed by atoms with Gasteiger partial charge < -0.3 is 9.47 Å². The Bertz CT molecular complexity index is 618. The zero-order valence-corrected chi connectivity index (χ0v) is 10.9. The first-order valence-corrected chi connectivity index (χ1v) is 5.97. The monoisotopic (exact) mass is 272 g/mol. The molecule has 0 saturated heterocycles. The van der Waals surface area contributed by atoms with Crippen molar-refractivity contribution in [3.63, 3.8) is 0 Å². The van der Waals surface area contributed by atoms with Crippen LogP contribution in [0.5, 0.6) is 11.5 Å². The van der Waals surface area contributed by atoms with Gasteiger partial charge in [0, 0.05) is 12.1 Å². The summed E-state index contributed by atoms with van der Waals surface area (Å²) in [5.41, 5.74) is 0.835. The maximum atomic E-state index is 13.0. The Labute approximate surface area is 116 Å². The molecule has 0 N–H and O–H groups in total. The van der Waals surface area contributed by atoms with Crippen LogP contribution >= 0.6 is 0 Å². The normalized spacial score (nSPS) is 10.5. The lowest BCUT2D eigenvalue weighted by Crippen LogP contribution is -1.93. The predicted molar refractivity (Wildman–Crippen MR) is 74.0 cm³/mol. The lowest BCUT2D eigenvalue weighted by Gasteiger charge is -2.05. The van der Waals surface area contributed by atoms with Gasteiger partial charge in [-0.05, 0) is 35.9 Å². The van der Waals surface area contributed by atoms with Gasteiger partial charge in [-0.1, -0.05) is 18.2 Å². The average molecular weight is 272 g/mol. The molecule has 0 heterocycles. The van der Waals surface area contributed by atoms with Crippen molar-refractivity contribution in [1.29, 1.82) is 0 Å². The summed E-state index contributed by atoms with van der Waals surface area (Å²) >= 11 is 0. The lowest BCUT2D eigenvalue weighted by atomic mass is 10.2.